The average molecular weight is 414 g/mol. The Balaban J connectivity index is 1.91. The minimum absolute atomic E-state index is 0.267. The van der Waals surface area contributed by atoms with Crippen molar-refractivity contribution in [2.45, 2.75) is 19.9 Å². The van der Waals surface area contributed by atoms with Gasteiger partial charge >= 0.3 is 0 Å². The number of hydrogen-bond donors (Lipinski definition) is 2. The van der Waals surface area contributed by atoms with Crippen molar-refractivity contribution in [2.24, 2.45) is 4.99 Å². The Kier molecular flexibility index (Phi) is 7.46. The molecule has 2 N–H and O–H groups in total. The van der Waals surface area contributed by atoms with E-state index in [1.807, 2.05) is 19.1 Å². The van der Waals surface area contributed by atoms with Gasteiger partial charge in [-0.25, -0.2) is 14.4 Å². The zero-order valence-electron chi connectivity index (χ0n) is 13.3. The maximum absolute atomic E-state index is 13.8. The number of pyridine rings is 1. The van der Waals surface area contributed by atoms with Gasteiger partial charge in [0.2, 0.25) is 0 Å². The number of hydrogen-bond acceptors (Lipinski definition) is 2. The minimum atomic E-state index is -0.267. The van der Waals surface area contributed by atoms with Crippen LogP contribution < -0.4 is 10.6 Å². The standard InChI is InChI=1S/C17H19BrClFN4/c1-2-21-17(22-8-7-12-3-6-16(19)23-10-12)24-11-13-4-5-14(18)9-15(13)20/h3-6,9-10H,2,7-8,11H2,1H3,(H2,21,22,24). The van der Waals surface area contributed by atoms with Crippen LogP contribution in [0.25, 0.3) is 0 Å². The zero-order valence-corrected chi connectivity index (χ0v) is 15.7. The highest BCUT2D eigenvalue weighted by molar-refractivity contribution is 9.10. The van der Waals surface area contributed by atoms with Crippen molar-refractivity contribution in [3.8, 4) is 0 Å². The van der Waals surface area contributed by atoms with Crippen molar-refractivity contribution in [2.75, 3.05) is 13.1 Å². The van der Waals surface area contributed by atoms with Gasteiger partial charge in [0, 0.05) is 29.3 Å². The van der Waals surface area contributed by atoms with Gasteiger partial charge < -0.3 is 10.6 Å². The van der Waals surface area contributed by atoms with E-state index in [1.54, 1.807) is 18.3 Å². The van der Waals surface area contributed by atoms with Crippen LogP contribution in [0.1, 0.15) is 18.1 Å². The molecule has 128 valence electrons. The Labute approximate surface area is 154 Å². The van der Waals surface area contributed by atoms with Gasteiger partial charge in [0.1, 0.15) is 11.0 Å². The van der Waals surface area contributed by atoms with Crippen LogP contribution in [0, 0.1) is 5.82 Å². The summed E-state index contributed by atoms with van der Waals surface area (Å²) in [5.74, 6) is 0.387. The first-order valence-corrected chi connectivity index (χ1v) is 8.82. The van der Waals surface area contributed by atoms with Crippen LogP contribution in [0.4, 0.5) is 4.39 Å². The fourth-order valence-electron chi connectivity index (χ4n) is 2.04. The summed E-state index contributed by atoms with van der Waals surface area (Å²) in [6.07, 6.45) is 2.55. The van der Waals surface area contributed by atoms with E-state index in [1.165, 1.54) is 6.07 Å². The lowest BCUT2D eigenvalue weighted by Crippen LogP contribution is -2.38. The van der Waals surface area contributed by atoms with E-state index < -0.39 is 0 Å². The van der Waals surface area contributed by atoms with E-state index in [9.17, 15) is 4.39 Å². The van der Waals surface area contributed by atoms with Gasteiger partial charge in [-0.2, -0.15) is 0 Å². The molecule has 2 aromatic rings. The van der Waals surface area contributed by atoms with Crippen LogP contribution in [0.5, 0.6) is 0 Å². The molecule has 0 atom stereocenters. The van der Waals surface area contributed by atoms with Crippen molar-refractivity contribution < 1.29 is 4.39 Å². The Morgan fingerprint density at radius 1 is 1.29 bits per heavy atom. The van der Waals surface area contributed by atoms with Gasteiger partial charge in [0.05, 0.1) is 6.54 Å². The number of guanidine groups is 1. The molecular weight excluding hydrogens is 395 g/mol. The summed E-state index contributed by atoms with van der Waals surface area (Å²) in [7, 11) is 0. The topological polar surface area (TPSA) is 49.3 Å². The van der Waals surface area contributed by atoms with Crippen LogP contribution in [-0.2, 0) is 13.0 Å². The molecule has 0 aliphatic rings. The molecule has 2 rings (SSSR count). The van der Waals surface area contributed by atoms with Crippen molar-refractivity contribution in [3.05, 3.63) is 63.1 Å². The summed E-state index contributed by atoms with van der Waals surface area (Å²) in [6.45, 7) is 3.69. The van der Waals surface area contributed by atoms with Crippen LogP contribution in [0.2, 0.25) is 5.15 Å². The third kappa shape index (κ3) is 6.09. The molecule has 0 spiro atoms. The number of aliphatic imine (C=N–C) groups is 1. The summed E-state index contributed by atoms with van der Waals surface area (Å²) >= 11 is 9.02. The number of aromatic nitrogens is 1. The first kappa shape index (κ1) is 18.7. The first-order valence-electron chi connectivity index (χ1n) is 7.65. The Hall–Kier alpha value is -1.66. The lowest BCUT2D eigenvalue weighted by molar-refractivity contribution is 0.609. The van der Waals surface area contributed by atoms with Crippen molar-refractivity contribution in [1.82, 2.24) is 15.6 Å². The molecule has 4 nitrogen and oxygen atoms in total. The summed E-state index contributed by atoms with van der Waals surface area (Å²) < 4.78 is 14.6. The number of halogens is 3. The monoisotopic (exact) mass is 412 g/mol. The van der Waals surface area contributed by atoms with Gasteiger partial charge in [-0.1, -0.05) is 39.7 Å². The summed E-state index contributed by atoms with van der Waals surface area (Å²) in [6, 6.07) is 8.69. The fourth-order valence-corrected chi connectivity index (χ4v) is 2.48. The van der Waals surface area contributed by atoms with Crippen molar-refractivity contribution >= 4 is 33.5 Å². The third-order valence-corrected chi connectivity index (χ3v) is 3.98. The smallest absolute Gasteiger partial charge is 0.191 e. The second-order valence-electron chi connectivity index (χ2n) is 5.10. The summed E-state index contributed by atoms with van der Waals surface area (Å²) in [4.78, 5) is 8.47. The number of nitrogens with zero attached hydrogens (tertiary/aromatic N) is 2. The Morgan fingerprint density at radius 3 is 2.79 bits per heavy atom. The molecule has 0 fully saturated rings. The van der Waals surface area contributed by atoms with Gasteiger partial charge in [-0.3, -0.25) is 0 Å². The average Bonchev–Trinajstić information content (AvgIpc) is 2.55. The second kappa shape index (κ2) is 9.59. The number of benzene rings is 1. The molecule has 0 unspecified atom stereocenters. The predicted molar refractivity (Wildman–Crippen MR) is 99.9 cm³/mol. The van der Waals surface area contributed by atoms with E-state index in [2.05, 4.69) is 36.5 Å². The van der Waals surface area contributed by atoms with Crippen LogP contribution in [0.3, 0.4) is 0 Å². The molecule has 0 bridgehead atoms. The van der Waals surface area contributed by atoms with E-state index in [0.717, 1.165) is 18.5 Å². The summed E-state index contributed by atoms with van der Waals surface area (Å²) in [5.41, 5.74) is 1.64. The highest BCUT2D eigenvalue weighted by atomic mass is 79.9. The van der Waals surface area contributed by atoms with E-state index in [-0.39, 0.29) is 12.4 Å². The highest BCUT2D eigenvalue weighted by Gasteiger charge is 2.03. The molecule has 1 aromatic heterocycles. The van der Waals surface area contributed by atoms with Gasteiger partial charge in [-0.15, -0.1) is 0 Å². The summed E-state index contributed by atoms with van der Waals surface area (Å²) in [5, 5.41) is 6.87. The largest absolute Gasteiger partial charge is 0.357 e. The minimum Gasteiger partial charge on any atom is -0.357 e. The number of nitrogens with one attached hydrogen (secondary N) is 2. The molecule has 0 saturated carbocycles. The molecule has 1 aromatic carbocycles. The van der Waals surface area contributed by atoms with Gasteiger partial charge in [0.25, 0.3) is 0 Å². The molecule has 0 radical (unpaired) electrons. The second-order valence-corrected chi connectivity index (χ2v) is 6.40. The SMILES string of the molecule is CCNC(=NCc1ccc(Br)cc1F)NCCc1ccc(Cl)nc1. The predicted octanol–water partition coefficient (Wildman–Crippen LogP) is 3.93. The number of rotatable bonds is 6. The van der Waals surface area contributed by atoms with Crippen LogP contribution >= 0.6 is 27.5 Å². The molecule has 0 saturated heterocycles. The molecule has 7 heteroatoms. The maximum atomic E-state index is 13.8. The molecule has 1 heterocycles. The highest BCUT2D eigenvalue weighted by Crippen LogP contribution is 2.15. The first-order chi connectivity index (χ1) is 11.6. The van der Waals surface area contributed by atoms with E-state index in [0.29, 0.717) is 27.7 Å². The zero-order chi connectivity index (χ0) is 17.4. The molecule has 0 aliphatic heterocycles. The maximum Gasteiger partial charge on any atom is 0.191 e. The lowest BCUT2D eigenvalue weighted by Gasteiger charge is -2.11. The molecular formula is C17H19BrClFN4. The van der Waals surface area contributed by atoms with Gasteiger partial charge in [0.15, 0.2) is 5.96 Å². The van der Waals surface area contributed by atoms with Crippen LogP contribution in [-0.4, -0.2) is 24.0 Å². The van der Waals surface area contributed by atoms with Gasteiger partial charge in [-0.05, 0) is 37.1 Å². The normalized spacial score (nSPS) is 11.4. The Bertz CT molecular complexity index is 691. The molecule has 24 heavy (non-hydrogen) atoms. The Morgan fingerprint density at radius 2 is 2.12 bits per heavy atom. The van der Waals surface area contributed by atoms with Crippen molar-refractivity contribution in [3.63, 3.8) is 0 Å². The van der Waals surface area contributed by atoms with Crippen molar-refractivity contribution in [1.29, 1.82) is 0 Å². The molecule has 0 amide bonds. The van der Waals surface area contributed by atoms with Crippen LogP contribution in [0.15, 0.2) is 46.0 Å². The molecule has 0 aliphatic carbocycles. The van der Waals surface area contributed by atoms with E-state index >= 15 is 0 Å². The third-order valence-electron chi connectivity index (χ3n) is 3.26. The lowest BCUT2D eigenvalue weighted by atomic mass is 10.2. The fraction of sp³-hybridized carbons (Fsp3) is 0.294. The van der Waals surface area contributed by atoms with E-state index in [4.69, 9.17) is 11.6 Å². The quantitative estimate of drug-likeness (QED) is 0.428.